The summed E-state index contributed by atoms with van der Waals surface area (Å²) in [5, 5.41) is 10.8. The molecule has 2 aromatic carbocycles. The molecule has 0 aliphatic rings. The highest BCUT2D eigenvalue weighted by Gasteiger charge is 2.09. The van der Waals surface area contributed by atoms with E-state index in [1.165, 1.54) is 29.2 Å². The number of fused-ring (bicyclic) bond motifs is 1. The number of methoxy groups -OCH3 is 1. The van der Waals surface area contributed by atoms with Crippen LogP contribution in [-0.4, -0.2) is 32.8 Å². The van der Waals surface area contributed by atoms with Crippen molar-refractivity contribution in [3.8, 4) is 5.75 Å². The summed E-state index contributed by atoms with van der Waals surface area (Å²) in [4.78, 5) is 20.7. The fraction of sp³-hybridized carbons (Fsp3) is 0.100. The van der Waals surface area contributed by atoms with E-state index in [2.05, 4.69) is 25.7 Å². The van der Waals surface area contributed by atoms with Crippen molar-refractivity contribution in [2.24, 2.45) is 0 Å². The molecule has 4 rings (SSSR count). The maximum absolute atomic E-state index is 13.2. The van der Waals surface area contributed by atoms with Gasteiger partial charge in [-0.1, -0.05) is 6.07 Å². The lowest BCUT2D eigenvalue weighted by Gasteiger charge is -2.08. The first-order valence-electron chi connectivity index (χ1n) is 8.74. The van der Waals surface area contributed by atoms with Crippen LogP contribution in [0.25, 0.3) is 10.9 Å². The van der Waals surface area contributed by atoms with Crippen LogP contribution in [0.5, 0.6) is 5.75 Å². The Kier molecular flexibility index (Phi) is 5.02. The molecule has 0 bridgehead atoms. The van der Waals surface area contributed by atoms with Gasteiger partial charge < -0.3 is 15.4 Å². The van der Waals surface area contributed by atoms with E-state index < -0.39 is 5.82 Å². The Hall–Kier alpha value is -4.01. The molecule has 0 radical (unpaired) electrons. The molecule has 0 saturated carbocycles. The lowest BCUT2D eigenvalue weighted by atomic mass is 10.2. The number of nitrogens with zero attached hydrogens (tertiary/aromatic N) is 4. The summed E-state index contributed by atoms with van der Waals surface area (Å²) in [5.74, 6) is 0.558. The average molecular weight is 392 g/mol. The van der Waals surface area contributed by atoms with E-state index in [1.807, 2.05) is 18.2 Å². The normalized spacial score (nSPS) is 10.7. The molecule has 2 N–H and O–H groups in total. The smallest absolute Gasteiger partial charge is 0.246 e. The van der Waals surface area contributed by atoms with Gasteiger partial charge in [0, 0.05) is 17.3 Å². The Morgan fingerprint density at radius 1 is 1.17 bits per heavy atom. The molecule has 0 aliphatic heterocycles. The van der Waals surface area contributed by atoms with Gasteiger partial charge in [-0.25, -0.2) is 14.4 Å². The molecule has 0 fully saturated rings. The number of rotatable bonds is 6. The number of halogens is 1. The summed E-state index contributed by atoms with van der Waals surface area (Å²) in [6, 6.07) is 11.2. The summed E-state index contributed by atoms with van der Waals surface area (Å²) >= 11 is 0. The molecular weight excluding hydrogens is 375 g/mol. The third-order valence-corrected chi connectivity index (χ3v) is 4.15. The van der Waals surface area contributed by atoms with Crippen molar-refractivity contribution in [3.63, 3.8) is 0 Å². The van der Waals surface area contributed by atoms with Crippen molar-refractivity contribution in [1.82, 2.24) is 19.7 Å². The molecule has 8 nitrogen and oxygen atoms in total. The first-order chi connectivity index (χ1) is 14.1. The summed E-state index contributed by atoms with van der Waals surface area (Å²) in [5.41, 5.74) is 1.82. The molecule has 0 spiro atoms. The Morgan fingerprint density at radius 3 is 2.90 bits per heavy atom. The first-order valence-corrected chi connectivity index (χ1v) is 8.74. The van der Waals surface area contributed by atoms with Crippen molar-refractivity contribution < 1.29 is 13.9 Å². The molecule has 0 aliphatic carbocycles. The molecule has 2 aromatic heterocycles. The van der Waals surface area contributed by atoms with E-state index in [4.69, 9.17) is 4.74 Å². The predicted molar refractivity (Wildman–Crippen MR) is 107 cm³/mol. The van der Waals surface area contributed by atoms with Crippen molar-refractivity contribution in [2.45, 2.75) is 6.54 Å². The average Bonchev–Trinajstić information content (AvgIpc) is 3.14. The minimum Gasteiger partial charge on any atom is -0.497 e. The number of benzene rings is 2. The van der Waals surface area contributed by atoms with Crippen LogP contribution in [0.15, 0.2) is 61.2 Å². The van der Waals surface area contributed by atoms with Crippen molar-refractivity contribution >= 4 is 34.0 Å². The SMILES string of the molecule is COc1ccc2ncnc(Nc3cnn(CC(=O)Nc4cccc(F)c4)c3)c2c1. The van der Waals surface area contributed by atoms with Gasteiger partial charge in [-0.2, -0.15) is 5.10 Å². The third kappa shape index (κ3) is 4.29. The zero-order chi connectivity index (χ0) is 20.2. The largest absolute Gasteiger partial charge is 0.497 e. The van der Waals surface area contributed by atoms with Crippen molar-refractivity contribution in [3.05, 3.63) is 67.0 Å². The van der Waals surface area contributed by atoms with Crippen LogP contribution >= 0.6 is 0 Å². The molecule has 1 amide bonds. The Bertz CT molecular complexity index is 1180. The number of nitrogens with one attached hydrogen (secondary N) is 2. The zero-order valence-corrected chi connectivity index (χ0v) is 15.5. The molecule has 0 unspecified atom stereocenters. The van der Waals surface area contributed by atoms with Crippen LogP contribution < -0.4 is 15.4 Å². The lowest BCUT2D eigenvalue weighted by molar-refractivity contribution is -0.116. The highest BCUT2D eigenvalue weighted by Crippen LogP contribution is 2.26. The topological polar surface area (TPSA) is 94.0 Å². The van der Waals surface area contributed by atoms with E-state index in [-0.39, 0.29) is 12.5 Å². The Morgan fingerprint density at radius 2 is 2.07 bits per heavy atom. The number of carbonyl (C=O) groups is 1. The van der Waals surface area contributed by atoms with Gasteiger partial charge in [-0.15, -0.1) is 0 Å². The molecule has 4 aromatic rings. The monoisotopic (exact) mass is 392 g/mol. The minimum absolute atomic E-state index is 0.0173. The standard InChI is InChI=1S/C20H17FN6O2/c1-29-16-5-6-18-17(8-16)20(23-12-22-18)26-15-9-24-27(10-15)11-19(28)25-14-4-2-3-13(21)7-14/h2-10,12H,11H2,1H3,(H,25,28)(H,22,23,26). The second-order valence-electron chi connectivity index (χ2n) is 6.22. The Balaban J connectivity index is 1.47. The molecule has 2 heterocycles. The van der Waals surface area contributed by atoms with E-state index in [9.17, 15) is 9.18 Å². The Labute approximate surface area is 165 Å². The van der Waals surface area contributed by atoms with Gasteiger partial charge >= 0.3 is 0 Å². The van der Waals surface area contributed by atoms with Gasteiger partial charge in [0.1, 0.15) is 30.3 Å². The number of ether oxygens (including phenoxy) is 1. The predicted octanol–water partition coefficient (Wildman–Crippen LogP) is 3.36. The fourth-order valence-electron chi connectivity index (χ4n) is 2.83. The van der Waals surface area contributed by atoms with Crippen LogP contribution in [-0.2, 0) is 11.3 Å². The van der Waals surface area contributed by atoms with Crippen LogP contribution in [0.3, 0.4) is 0 Å². The highest BCUT2D eigenvalue weighted by atomic mass is 19.1. The summed E-state index contributed by atoms with van der Waals surface area (Å²) in [6.07, 6.45) is 4.73. The molecule has 29 heavy (non-hydrogen) atoms. The summed E-state index contributed by atoms with van der Waals surface area (Å²) in [6.45, 7) is -0.0173. The van der Waals surface area contributed by atoms with E-state index >= 15 is 0 Å². The van der Waals surface area contributed by atoms with Crippen LogP contribution in [0.1, 0.15) is 0 Å². The van der Waals surface area contributed by atoms with Gasteiger partial charge in [0.05, 0.1) is 24.5 Å². The third-order valence-electron chi connectivity index (χ3n) is 4.15. The zero-order valence-electron chi connectivity index (χ0n) is 15.5. The van der Waals surface area contributed by atoms with E-state index in [1.54, 1.807) is 25.6 Å². The molecule has 146 valence electrons. The number of anilines is 3. The number of carbonyl (C=O) groups excluding carboxylic acids is 1. The number of hydrogen-bond donors (Lipinski definition) is 2. The molecule has 9 heteroatoms. The summed E-state index contributed by atoms with van der Waals surface area (Å²) < 4.78 is 20.0. The molecular formula is C20H17FN6O2. The lowest BCUT2D eigenvalue weighted by Crippen LogP contribution is -2.19. The van der Waals surface area contributed by atoms with Gasteiger partial charge in [-0.05, 0) is 36.4 Å². The van der Waals surface area contributed by atoms with Crippen molar-refractivity contribution in [2.75, 3.05) is 17.7 Å². The van der Waals surface area contributed by atoms with Crippen LogP contribution in [0.4, 0.5) is 21.6 Å². The maximum Gasteiger partial charge on any atom is 0.246 e. The second-order valence-corrected chi connectivity index (χ2v) is 6.22. The van der Waals surface area contributed by atoms with Gasteiger partial charge in [0.25, 0.3) is 0 Å². The van der Waals surface area contributed by atoms with Crippen LogP contribution in [0.2, 0.25) is 0 Å². The van der Waals surface area contributed by atoms with E-state index in [0.717, 1.165) is 10.9 Å². The number of aromatic nitrogens is 4. The van der Waals surface area contributed by atoms with Gasteiger partial charge in [0.2, 0.25) is 5.91 Å². The van der Waals surface area contributed by atoms with E-state index in [0.29, 0.717) is 22.9 Å². The highest BCUT2D eigenvalue weighted by molar-refractivity contribution is 5.92. The molecule has 0 atom stereocenters. The quantitative estimate of drug-likeness (QED) is 0.523. The minimum atomic E-state index is -0.415. The maximum atomic E-state index is 13.2. The van der Waals surface area contributed by atoms with Crippen molar-refractivity contribution in [1.29, 1.82) is 0 Å². The first kappa shape index (κ1) is 18.4. The number of hydrogen-bond acceptors (Lipinski definition) is 6. The van der Waals surface area contributed by atoms with Crippen LogP contribution in [0, 0.1) is 5.82 Å². The van der Waals surface area contributed by atoms with Gasteiger partial charge in [0.15, 0.2) is 0 Å². The number of amides is 1. The van der Waals surface area contributed by atoms with Gasteiger partial charge in [-0.3, -0.25) is 9.48 Å². The summed E-state index contributed by atoms with van der Waals surface area (Å²) in [7, 11) is 1.59. The molecule has 0 saturated heterocycles. The fourth-order valence-corrected chi connectivity index (χ4v) is 2.83. The second kappa shape index (κ2) is 7.93.